The van der Waals surface area contributed by atoms with Gasteiger partial charge in [0, 0.05) is 11.3 Å². The SMILES string of the molecule is N#Cc1ccc(Nc2ncnc3c2CCC3OCC2CC2)cc1. The second kappa shape index (κ2) is 5.98. The van der Waals surface area contributed by atoms with Crippen molar-refractivity contribution in [1.82, 2.24) is 9.97 Å². The van der Waals surface area contributed by atoms with Gasteiger partial charge in [-0.3, -0.25) is 0 Å². The van der Waals surface area contributed by atoms with Gasteiger partial charge in [0.15, 0.2) is 0 Å². The van der Waals surface area contributed by atoms with Gasteiger partial charge in [0.25, 0.3) is 0 Å². The number of ether oxygens (including phenoxy) is 1. The van der Waals surface area contributed by atoms with Crippen LogP contribution in [0.25, 0.3) is 0 Å². The first-order chi connectivity index (χ1) is 11.3. The monoisotopic (exact) mass is 306 g/mol. The lowest BCUT2D eigenvalue weighted by atomic mass is 10.2. The Bertz CT molecular complexity index is 747. The average molecular weight is 306 g/mol. The summed E-state index contributed by atoms with van der Waals surface area (Å²) in [6, 6.07) is 9.50. The van der Waals surface area contributed by atoms with Crippen molar-refractivity contribution in [2.75, 3.05) is 11.9 Å². The number of benzene rings is 1. The summed E-state index contributed by atoms with van der Waals surface area (Å²) in [7, 11) is 0. The summed E-state index contributed by atoms with van der Waals surface area (Å²) in [6.45, 7) is 0.854. The molecule has 23 heavy (non-hydrogen) atoms. The quantitative estimate of drug-likeness (QED) is 0.915. The first kappa shape index (κ1) is 14.2. The van der Waals surface area contributed by atoms with Crippen LogP contribution in [0.15, 0.2) is 30.6 Å². The maximum Gasteiger partial charge on any atom is 0.137 e. The predicted molar refractivity (Wildman–Crippen MR) is 86.2 cm³/mol. The van der Waals surface area contributed by atoms with Crippen LogP contribution in [-0.2, 0) is 11.2 Å². The highest BCUT2D eigenvalue weighted by atomic mass is 16.5. The number of hydrogen-bond donors (Lipinski definition) is 1. The molecule has 1 aromatic heterocycles. The maximum absolute atomic E-state index is 8.86. The van der Waals surface area contributed by atoms with Crippen molar-refractivity contribution in [3.8, 4) is 6.07 Å². The standard InChI is InChI=1S/C18H18N4O/c19-9-12-3-5-14(6-4-12)22-18-15-7-8-16(17(15)20-11-21-18)23-10-13-1-2-13/h3-6,11,13,16H,1-2,7-8,10H2,(H,20,21,22). The molecule has 0 radical (unpaired) electrons. The Hall–Kier alpha value is -2.45. The fraction of sp³-hybridized carbons (Fsp3) is 0.389. The fourth-order valence-corrected chi connectivity index (χ4v) is 2.93. The summed E-state index contributed by atoms with van der Waals surface area (Å²) in [6.07, 6.45) is 6.22. The van der Waals surface area contributed by atoms with Gasteiger partial charge >= 0.3 is 0 Å². The number of nitrogens with one attached hydrogen (secondary N) is 1. The van der Waals surface area contributed by atoms with Gasteiger partial charge in [0.1, 0.15) is 18.2 Å². The van der Waals surface area contributed by atoms with E-state index in [1.54, 1.807) is 18.5 Å². The van der Waals surface area contributed by atoms with Gasteiger partial charge in [0.2, 0.25) is 0 Å². The summed E-state index contributed by atoms with van der Waals surface area (Å²) < 4.78 is 6.03. The molecule has 116 valence electrons. The zero-order chi connectivity index (χ0) is 15.6. The third-order valence-electron chi connectivity index (χ3n) is 4.45. The number of aromatic nitrogens is 2. The topological polar surface area (TPSA) is 70.8 Å². The van der Waals surface area contributed by atoms with Crippen LogP contribution >= 0.6 is 0 Å². The summed E-state index contributed by atoms with van der Waals surface area (Å²) in [4.78, 5) is 8.84. The number of anilines is 2. The molecule has 4 rings (SSSR count). The van der Waals surface area contributed by atoms with E-state index in [-0.39, 0.29) is 6.10 Å². The highest BCUT2D eigenvalue weighted by Gasteiger charge is 2.30. The van der Waals surface area contributed by atoms with Crippen molar-refractivity contribution in [3.63, 3.8) is 0 Å². The molecule has 2 aliphatic carbocycles. The van der Waals surface area contributed by atoms with E-state index < -0.39 is 0 Å². The lowest BCUT2D eigenvalue weighted by molar-refractivity contribution is 0.0440. The normalized spacial score (nSPS) is 19.2. The Kier molecular flexibility index (Phi) is 3.68. The molecule has 1 saturated carbocycles. The van der Waals surface area contributed by atoms with Crippen LogP contribution in [0.5, 0.6) is 0 Å². The summed E-state index contributed by atoms with van der Waals surface area (Å²) in [5.74, 6) is 1.61. The lowest BCUT2D eigenvalue weighted by Crippen LogP contribution is -2.06. The van der Waals surface area contributed by atoms with Crippen LogP contribution in [0.3, 0.4) is 0 Å². The fourth-order valence-electron chi connectivity index (χ4n) is 2.93. The van der Waals surface area contributed by atoms with Crippen molar-refractivity contribution in [3.05, 3.63) is 47.4 Å². The molecule has 5 heteroatoms. The van der Waals surface area contributed by atoms with E-state index in [9.17, 15) is 0 Å². The minimum atomic E-state index is 0.107. The molecule has 0 bridgehead atoms. The van der Waals surface area contributed by atoms with E-state index in [1.165, 1.54) is 12.8 Å². The summed E-state index contributed by atoms with van der Waals surface area (Å²) in [5.41, 5.74) is 3.75. The van der Waals surface area contributed by atoms with Gasteiger partial charge in [-0.15, -0.1) is 0 Å². The second-order valence-electron chi connectivity index (χ2n) is 6.20. The maximum atomic E-state index is 8.86. The Balaban J connectivity index is 1.52. The molecular formula is C18H18N4O. The number of fused-ring (bicyclic) bond motifs is 1. The highest BCUT2D eigenvalue weighted by Crippen LogP contribution is 2.38. The van der Waals surface area contributed by atoms with Crippen molar-refractivity contribution in [2.45, 2.75) is 31.8 Å². The molecule has 1 aromatic carbocycles. The van der Waals surface area contributed by atoms with E-state index in [1.807, 2.05) is 12.1 Å². The Morgan fingerprint density at radius 3 is 2.74 bits per heavy atom. The zero-order valence-corrected chi connectivity index (χ0v) is 12.8. The second-order valence-corrected chi connectivity index (χ2v) is 6.20. The Morgan fingerprint density at radius 1 is 1.17 bits per heavy atom. The van der Waals surface area contributed by atoms with E-state index in [2.05, 4.69) is 21.4 Å². The molecule has 2 aliphatic rings. The lowest BCUT2D eigenvalue weighted by Gasteiger charge is -2.13. The number of nitrogens with zero attached hydrogens (tertiary/aromatic N) is 3. The van der Waals surface area contributed by atoms with Crippen molar-refractivity contribution in [2.24, 2.45) is 5.92 Å². The molecule has 1 unspecified atom stereocenters. The smallest absolute Gasteiger partial charge is 0.137 e. The minimum Gasteiger partial charge on any atom is -0.372 e. The van der Waals surface area contributed by atoms with Crippen LogP contribution in [0, 0.1) is 17.2 Å². The molecule has 0 spiro atoms. The summed E-state index contributed by atoms with van der Waals surface area (Å²) in [5, 5.41) is 12.2. The third-order valence-corrected chi connectivity index (χ3v) is 4.45. The van der Waals surface area contributed by atoms with Crippen molar-refractivity contribution >= 4 is 11.5 Å². The highest BCUT2D eigenvalue weighted by molar-refractivity contribution is 5.61. The van der Waals surface area contributed by atoms with E-state index in [4.69, 9.17) is 10.00 Å². The van der Waals surface area contributed by atoms with Crippen LogP contribution in [0.2, 0.25) is 0 Å². The van der Waals surface area contributed by atoms with Crippen LogP contribution in [-0.4, -0.2) is 16.6 Å². The molecule has 0 aliphatic heterocycles. The van der Waals surface area contributed by atoms with Gasteiger partial charge in [-0.2, -0.15) is 5.26 Å². The van der Waals surface area contributed by atoms with Crippen LogP contribution in [0.4, 0.5) is 11.5 Å². The molecule has 1 N–H and O–H groups in total. The van der Waals surface area contributed by atoms with Gasteiger partial charge in [-0.25, -0.2) is 9.97 Å². The third kappa shape index (κ3) is 3.03. The average Bonchev–Trinajstić information content (AvgIpc) is 3.33. The Labute approximate surface area is 135 Å². The van der Waals surface area contributed by atoms with E-state index in [0.29, 0.717) is 5.56 Å². The molecule has 1 atom stereocenters. The molecule has 5 nitrogen and oxygen atoms in total. The van der Waals surface area contributed by atoms with Crippen molar-refractivity contribution < 1.29 is 4.74 Å². The van der Waals surface area contributed by atoms with Crippen molar-refractivity contribution in [1.29, 1.82) is 5.26 Å². The van der Waals surface area contributed by atoms with Crippen LogP contribution in [0.1, 0.15) is 42.2 Å². The molecule has 1 heterocycles. The number of hydrogen-bond acceptors (Lipinski definition) is 5. The largest absolute Gasteiger partial charge is 0.372 e. The van der Waals surface area contributed by atoms with Gasteiger partial charge < -0.3 is 10.1 Å². The number of rotatable bonds is 5. The first-order valence-corrected chi connectivity index (χ1v) is 8.06. The molecule has 0 amide bonds. The minimum absolute atomic E-state index is 0.107. The van der Waals surface area contributed by atoms with E-state index >= 15 is 0 Å². The Morgan fingerprint density at radius 2 is 2.00 bits per heavy atom. The molecule has 1 fully saturated rings. The van der Waals surface area contributed by atoms with Gasteiger partial charge in [0.05, 0.1) is 23.9 Å². The molecular weight excluding hydrogens is 288 g/mol. The first-order valence-electron chi connectivity index (χ1n) is 8.06. The van der Waals surface area contributed by atoms with E-state index in [0.717, 1.165) is 48.1 Å². The molecule has 2 aromatic rings. The molecule has 0 saturated heterocycles. The number of nitriles is 1. The van der Waals surface area contributed by atoms with Crippen LogP contribution < -0.4 is 5.32 Å². The van der Waals surface area contributed by atoms with Gasteiger partial charge in [-0.05, 0) is 55.9 Å². The zero-order valence-electron chi connectivity index (χ0n) is 12.8. The predicted octanol–water partition coefficient (Wildman–Crippen LogP) is 3.51. The van der Waals surface area contributed by atoms with Gasteiger partial charge in [-0.1, -0.05) is 0 Å². The summed E-state index contributed by atoms with van der Waals surface area (Å²) >= 11 is 0.